The maximum absolute atomic E-state index is 11.5. The fourth-order valence-electron chi connectivity index (χ4n) is 1.29. The topological polar surface area (TPSA) is 49.8 Å². The first-order valence-electron chi connectivity index (χ1n) is 4.62. The Morgan fingerprint density at radius 1 is 1.73 bits per heavy atom. The molecule has 0 unspecified atom stereocenters. The predicted octanol–water partition coefficient (Wildman–Crippen LogP) is 1.21. The third kappa shape index (κ3) is 2.81. The molecular weight excluding hydrogens is 218 g/mol. The summed E-state index contributed by atoms with van der Waals surface area (Å²) in [7, 11) is 2.80. The third-order valence-corrected chi connectivity index (χ3v) is 2.66. The summed E-state index contributed by atoms with van der Waals surface area (Å²) in [5, 5.41) is 11.3. The molecule has 4 nitrogen and oxygen atoms in total. The number of amides is 1. The highest BCUT2D eigenvalue weighted by atomic mass is 35.5. The van der Waals surface area contributed by atoms with Crippen LogP contribution in [0.1, 0.15) is 12.8 Å². The SMILES string of the molecule is CON(C)C(=O)[C@H](O)C1=C(Cl)CCC=C1. The molecule has 1 aliphatic rings. The first-order valence-corrected chi connectivity index (χ1v) is 5.00. The highest BCUT2D eigenvalue weighted by molar-refractivity contribution is 6.30. The largest absolute Gasteiger partial charge is 0.378 e. The van der Waals surface area contributed by atoms with Crippen molar-refractivity contribution in [2.45, 2.75) is 18.9 Å². The van der Waals surface area contributed by atoms with Crippen LogP contribution in [0.2, 0.25) is 0 Å². The number of hydrogen-bond donors (Lipinski definition) is 1. The monoisotopic (exact) mass is 231 g/mol. The molecule has 0 aromatic carbocycles. The van der Waals surface area contributed by atoms with Gasteiger partial charge >= 0.3 is 0 Å². The van der Waals surface area contributed by atoms with E-state index in [9.17, 15) is 9.90 Å². The van der Waals surface area contributed by atoms with Crippen molar-refractivity contribution in [3.8, 4) is 0 Å². The van der Waals surface area contributed by atoms with Crippen molar-refractivity contribution >= 4 is 17.5 Å². The normalized spacial score (nSPS) is 17.9. The van der Waals surface area contributed by atoms with E-state index in [1.54, 1.807) is 6.08 Å². The van der Waals surface area contributed by atoms with E-state index < -0.39 is 12.0 Å². The van der Waals surface area contributed by atoms with Gasteiger partial charge in [0.05, 0.1) is 7.11 Å². The second-order valence-electron chi connectivity index (χ2n) is 3.22. The molecule has 1 amide bonds. The van der Waals surface area contributed by atoms with Crippen LogP contribution in [0, 0.1) is 0 Å². The summed E-state index contributed by atoms with van der Waals surface area (Å²) in [5.74, 6) is -0.530. The first-order chi connectivity index (χ1) is 7.07. The molecule has 0 saturated carbocycles. The van der Waals surface area contributed by atoms with E-state index in [0.29, 0.717) is 17.0 Å². The number of carbonyl (C=O) groups excluding carboxylic acids is 1. The molecule has 1 N–H and O–H groups in total. The molecule has 0 aromatic rings. The van der Waals surface area contributed by atoms with Crippen LogP contribution < -0.4 is 0 Å². The van der Waals surface area contributed by atoms with Crippen LogP contribution in [0.15, 0.2) is 22.8 Å². The lowest BCUT2D eigenvalue weighted by molar-refractivity contribution is -0.175. The van der Waals surface area contributed by atoms with Gasteiger partial charge in [-0.3, -0.25) is 9.63 Å². The van der Waals surface area contributed by atoms with E-state index in [-0.39, 0.29) is 0 Å². The summed E-state index contributed by atoms with van der Waals surface area (Å²) in [6.07, 6.45) is 3.80. The number of hydroxylamine groups is 2. The molecule has 5 heteroatoms. The summed E-state index contributed by atoms with van der Waals surface area (Å²) >= 11 is 5.93. The van der Waals surface area contributed by atoms with Crippen molar-refractivity contribution in [2.75, 3.05) is 14.2 Å². The molecule has 0 fully saturated rings. The maximum Gasteiger partial charge on any atom is 0.279 e. The number of carbonyl (C=O) groups is 1. The smallest absolute Gasteiger partial charge is 0.279 e. The zero-order chi connectivity index (χ0) is 11.4. The van der Waals surface area contributed by atoms with Crippen molar-refractivity contribution in [3.05, 3.63) is 22.8 Å². The highest BCUT2D eigenvalue weighted by Crippen LogP contribution is 2.25. The summed E-state index contributed by atoms with van der Waals surface area (Å²) in [6.45, 7) is 0. The Morgan fingerprint density at radius 2 is 2.40 bits per heavy atom. The van der Waals surface area contributed by atoms with Crippen LogP contribution in [0.3, 0.4) is 0 Å². The van der Waals surface area contributed by atoms with Crippen LogP contribution in [0.5, 0.6) is 0 Å². The van der Waals surface area contributed by atoms with Crippen molar-refractivity contribution < 1.29 is 14.7 Å². The Bertz CT molecular complexity index is 312. The Hall–Kier alpha value is -0.840. The number of nitrogens with zero attached hydrogens (tertiary/aromatic N) is 1. The summed E-state index contributed by atoms with van der Waals surface area (Å²) in [4.78, 5) is 16.2. The van der Waals surface area contributed by atoms with Crippen LogP contribution >= 0.6 is 11.6 Å². The second kappa shape index (κ2) is 5.30. The number of aliphatic hydroxyl groups is 1. The van der Waals surface area contributed by atoms with E-state index in [1.165, 1.54) is 14.2 Å². The lowest BCUT2D eigenvalue weighted by atomic mass is 10.0. The first kappa shape index (κ1) is 12.2. The van der Waals surface area contributed by atoms with Crippen molar-refractivity contribution in [1.29, 1.82) is 0 Å². The van der Waals surface area contributed by atoms with Gasteiger partial charge in [-0.1, -0.05) is 23.8 Å². The van der Waals surface area contributed by atoms with Crippen LogP contribution in [-0.4, -0.2) is 36.3 Å². The Labute approximate surface area is 93.7 Å². The number of halogens is 1. The minimum absolute atomic E-state index is 0.455. The quantitative estimate of drug-likeness (QED) is 0.743. The summed E-state index contributed by atoms with van der Waals surface area (Å²) in [5.41, 5.74) is 0.455. The molecule has 84 valence electrons. The van der Waals surface area contributed by atoms with Gasteiger partial charge in [0.25, 0.3) is 5.91 Å². The summed E-state index contributed by atoms with van der Waals surface area (Å²) < 4.78 is 0. The van der Waals surface area contributed by atoms with Gasteiger partial charge in [-0.2, -0.15) is 0 Å². The molecule has 0 spiro atoms. The molecule has 1 rings (SSSR count). The molecular formula is C10H14ClNO3. The van der Waals surface area contributed by atoms with Gasteiger partial charge in [0.2, 0.25) is 0 Å². The number of likely N-dealkylation sites (N-methyl/N-ethyl adjacent to an activating group) is 1. The molecule has 0 aliphatic heterocycles. The third-order valence-electron chi connectivity index (χ3n) is 2.25. The lowest BCUT2D eigenvalue weighted by Gasteiger charge is -2.20. The van der Waals surface area contributed by atoms with Gasteiger partial charge in [-0.05, 0) is 12.8 Å². The Kier molecular flexibility index (Phi) is 4.32. The molecule has 0 radical (unpaired) electrons. The van der Waals surface area contributed by atoms with Crippen molar-refractivity contribution in [2.24, 2.45) is 0 Å². The summed E-state index contributed by atoms with van der Waals surface area (Å²) in [6, 6.07) is 0. The molecule has 0 heterocycles. The van der Waals surface area contributed by atoms with E-state index in [4.69, 9.17) is 16.4 Å². The minimum atomic E-state index is -1.25. The van der Waals surface area contributed by atoms with Gasteiger partial charge in [0, 0.05) is 17.7 Å². The molecule has 1 atom stereocenters. The van der Waals surface area contributed by atoms with E-state index >= 15 is 0 Å². The average molecular weight is 232 g/mol. The maximum atomic E-state index is 11.5. The Balaban J connectivity index is 2.80. The van der Waals surface area contributed by atoms with Gasteiger partial charge in [0.15, 0.2) is 6.10 Å². The molecule has 0 saturated heterocycles. The average Bonchev–Trinajstić information content (AvgIpc) is 2.26. The van der Waals surface area contributed by atoms with Crippen molar-refractivity contribution in [1.82, 2.24) is 5.06 Å². The van der Waals surface area contributed by atoms with Crippen LogP contribution in [-0.2, 0) is 9.63 Å². The fourth-order valence-corrected chi connectivity index (χ4v) is 1.57. The minimum Gasteiger partial charge on any atom is -0.378 e. The number of rotatable bonds is 3. The molecule has 0 bridgehead atoms. The van der Waals surface area contributed by atoms with Gasteiger partial charge in [-0.15, -0.1) is 0 Å². The zero-order valence-electron chi connectivity index (χ0n) is 8.74. The zero-order valence-corrected chi connectivity index (χ0v) is 9.49. The standard InChI is InChI=1S/C10H14ClNO3/c1-12(15-2)10(14)9(13)7-5-3-4-6-8(7)11/h3,5,9,13H,4,6H2,1-2H3/t9-/m1/s1. The number of allylic oxidation sites excluding steroid dienone is 2. The van der Waals surface area contributed by atoms with Gasteiger partial charge in [-0.25, -0.2) is 5.06 Å². The molecule has 1 aliphatic carbocycles. The van der Waals surface area contributed by atoms with E-state index in [2.05, 4.69) is 0 Å². The number of hydrogen-bond acceptors (Lipinski definition) is 3. The highest BCUT2D eigenvalue weighted by Gasteiger charge is 2.25. The number of aliphatic hydroxyl groups excluding tert-OH is 1. The second-order valence-corrected chi connectivity index (χ2v) is 3.68. The molecule has 0 aromatic heterocycles. The predicted molar refractivity (Wildman–Crippen MR) is 57.0 cm³/mol. The van der Waals surface area contributed by atoms with Gasteiger partial charge in [0.1, 0.15) is 0 Å². The Morgan fingerprint density at radius 3 is 2.93 bits per heavy atom. The van der Waals surface area contributed by atoms with E-state index in [1.807, 2.05) is 6.08 Å². The van der Waals surface area contributed by atoms with Gasteiger partial charge < -0.3 is 5.11 Å². The molecule has 15 heavy (non-hydrogen) atoms. The lowest BCUT2D eigenvalue weighted by Crippen LogP contribution is -2.36. The van der Waals surface area contributed by atoms with Crippen LogP contribution in [0.25, 0.3) is 0 Å². The van der Waals surface area contributed by atoms with Crippen LogP contribution in [0.4, 0.5) is 0 Å². The van der Waals surface area contributed by atoms with E-state index in [0.717, 1.165) is 11.5 Å². The van der Waals surface area contributed by atoms with Crippen molar-refractivity contribution in [3.63, 3.8) is 0 Å². The fraction of sp³-hybridized carbons (Fsp3) is 0.500.